The van der Waals surface area contributed by atoms with Crippen LogP contribution in [-0.2, 0) is 14.2 Å². The molecule has 1 saturated heterocycles. The van der Waals surface area contributed by atoms with Gasteiger partial charge >= 0.3 is 12.2 Å². The minimum absolute atomic E-state index is 0.143. The Hall–Kier alpha value is -2.28. The second kappa shape index (κ2) is 10.7. The molecule has 168 valence electrons. The number of carbonyl (C=O) groups is 2. The third-order valence-corrected chi connectivity index (χ3v) is 5.13. The molecule has 0 spiro atoms. The molecule has 7 heteroatoms. The zero-order chi connectivity index (χ0) is 22.3. The second-order valence-corrected chi connectivity index (χ2v) is 8.90. The Balaban J connectivity index is 2.15. The molecule has 7 nitrogen and oxygen atoms in total. The number of amides is 2. The van der Waals surface area contributed by atoms with Crippen LogP contribution in [0.3, 0.4) is 0 Å². The van der Waals surface area contributed by atoms with E-state index >= 15 is 0 Å². The summed E-state index contributed by atoms with van der Waals surface area (Å²) >= 11 is 0. The van der Waals surface area contributed by atoms with E-state index in [-0.39, 0.29) is 18.1 Å². The van der Waals surface area contributed by atoms with Crippen LogP contribution in [-0.4, -0.2) is 56.0 Å². The molecule has 1 unspecified atom stereocenters. The van der Waals surface area contributed by atoms with E-state index < -0.39 is 11.7 Å². The molecule has 1 fully saturated rings. The van der Waals surface area contributed by atoms with Crippen molar-refractivity contribution in [1.82, 2.24) is 10.2 Å². The average Bonchev–Trinajstić information content (AvgIpc) is 2.68. The van der Waals surface area contributed by atoms with Gasteiger partial charge in [0.05, 0.1) is 19.8 Å². The Bertz CT molecular complexity index is 729. The first kappa shape index (κ1) is 24.0. The van der Waals surface area contributed by atoms with Gasteiger partial charge in [-0.05, 0) is 58.6 Å². The van der Waals surface area contributed by atoms with Crippen LogP contribution >= 0.6 is 0 Å². The fourth-order valence-corrected chi connectivity index (χ4v) is 3.71. The normalized spacial score (nSPS) is 17.9. The van der Waals surface area contributed by atoms with Crippen molar-refractivity contribution < 1.29 is 23.8 Å². The number of aryl methyl sites for hydroxylation is 2. The second-order valence-electron chi connectivity index (χ2n) is 8.90. The Kier molecular flexibility index (Phi) is 8.53. The minimum atomic E-state index is -0.521. The van der Waals surface area contributed by atoms with E-state index in [0.717, 1.165) is 29.5 Å². The lowest BCUT2D eigenvalue weighted by molar-refractivity contribution is -0.0248. The maximum absolute atomic E-state index is 12.6. The number of carbonyl (C=O) groups excluding carboxylic acids is 2. The number of rotatable bonds is 6. The fraction of sp³-hybridized carbons (Fsp3) is 0.652. The average molecular weight is 421 g/mol. The van der Waals surface area contributed by atoms with Gasteiger partial charge < -0.3 is 24.4 Å². The van der Waals surface area contributed by atoms with Crippen molar-refractivity contribution in [2.24, 2.45) is 5.92 Å². The predicted octanol–water partition coefficient (Wildman–Crippen LogP) is 4.36. The topological polar surface area (TPSA) is 77.1 Å². The summed E-state index contributed by atoms with van der Waals surface area (Å²) in [6.07, 6.45) is 0.932. The molecule has 0 aromatic heterocycles. The maximum atomic E-state index is 12.6. The Morgan fingerprint density at radius 1 is 1.27 bits per heavy atom. The smallest absolute Gasteiger partial charge is 0.410 e. The fourth-order valence-electron chi connectivity index (χ4n) is 3.71. The van der Waals surface area contributed by atoms with E-state index in [1.807, 2.05) is 20.8 Å². The zero-order valence-corrected chi connectivity index (χ0v) is 19.1. The quantitative estimate of drug-likeness (QED) is 0.692. The third kappa shape index (κ3) is 7.20. The van der Waals surface area contributed by atoms with Crippen molar-refractivity contribution in [3.05, 3.63) is 34.9 Å². The largest absolute Gasteiger partial charge is 0.453 e. The molecule has 1 aliphatic heterocycles. The van der Waals surface area contributed by atoms with Gasteiger partial charge in [0.2, 0.25) is 0 Å². The summed E-state index contributed by atoms with van der Waals surface area (Å²) in [4.78, 5) is 25.7. The standard InChI is InChI=1S/C23H36N2O5/c1-16-9-10-17(2)19(14-16)20(29-13-11-24-21(26)28-6)18-8-7-12-25(15-18)22(27)30-23(3,4)5/h9-10,14,18,20H,7-8,11-13,15H2,1-6H3,(H,24,26)/t18?,20-/m1/s1. The van der Waals surface area contributed by atoms with Gasteiger partial charge in [0, 0.05) is 25.6 Å². The lowest BCUT2D eigenvalue weighted by atomic mass is 9.86. The number of nitrogens with one attached hydrogen (secondary N) is 1. The highest BCUT2D eigenvalue weighted by Gasteiger charge is 2.33. The number of benzene rings is 1. The Morgan fingerprint density at radius 2 is 2.00 bits per heavy atom. The van der Waals surface area contributed by atoms with Gasteiger partial charge in [-0.2, -0.15) is 0 Å². The molecule has 1 aromatic carbocycles. The van der Waals surface area contributed by atoms with Crippen molar-refractivity contribution in [3.8, 4) is 0 Å². The first-order chi connectivity index (χ1) is 14.1. The van der Waals surface area contributed by atoms with Gasteiger partial charge in [-0.3, -0.25) is 0 Å². The van der Waals surface area contributed by atoms with Gasteiger partial charge in [0.15, 0.2) is 0 Å². The van der Waals surface area contributed by atoms with Crippen molar-refractivity contribution >= 4 is 12.2 Å². The molecule has 2 amide bonds. The van der Waals surface area contributed by atoms with Crippen molar-refractivity contribution in [2.75, 3.05) is 33.4 Å². The van der Waals surface area contributed by atoms with E-state index in [1.54, 1.807) is 4.90 Å². The number of ether oxygens (including phenoxy) is 3. The number of hydrogen-bond acceptors (Lipinski definition) is 5. The number of methoxy groups -OCH3 is 1. The van der Waals surface area contributed by atoms with Gasteiger partial charge in [-0.1, -0.05) is 23.8 Å². The van der Waals surface area contributed by atoms with Gasteiger partial charge in [-0.15, -0.1) is 0 Å². The van der Waals surface area contributed by atoms with Gasteiger partial charge in [-0.25, -0.2) is 9.59 Å². The van der Waals surface area contributed by atoms with Crippen molar-refractivity contribution in [2.45, 2.75) is 59.2 Å². The summed E-state index contributed by atoms with van der Waals surface area (Å²) in [6, 6.07) is 6.34. The molecule has 0 bridgehead atoms. The predicted molar refractivity (Wildman–Crippen MR) is 116 cm³/mol. The number of nitrogens with zero attached hydrogens (tertiary/aromatic N) is 1. The molecule has 0 radical (unpaired) electrons. The van der Waals surface area contributed by atoms with Gasteiger partial charge in [0.25, 0.3) is 0 Å². The molecule has 0 saturated carbocycles. The van der Waals surface area contributed by atoms with Crippen LogP contribution in [0.2, 0.25) is 0 Å². The highest BCUT2D eigenvalue weighted by Crippen LogP contribution is 2.35. The Morgan fingerprint density at radius 3 is 2.67 bits per heavy atom. The number of piperidine rings is 1. The molecule has 1 aliphatic rings. The van der Waals surface area contributed by atoms with Crippen LogP contribution < -0.4 is 5.32 Å². The summed E-state index contributed by atoms with van der Waals surface area (Å²) in [5.74, 6) is 0.143. The van der Waals surface area contributed by atoms with Crippen LogP contribution in [0, 0.1) is 19.8 Å². The zero-order valence-electron chi connectivity index (χ0n) is 19.1. The highest BCUT2D eigenvalue weighted by atomic mass is 16.6. The molecule has 2 rings (SSSR count). The maximum Gasteiger partial charge on any atom is 0.410 e. The molecule has 1 heterocycles. The molecule has 30 heavy (non-hydrogen) atoms. The van der Waals surface area contributed by atoms with E-state index in [1.165, 1.54) is 7.11 Å². The highest BCUT2D eigenvalue weighted by molar-refractivity contribution is 5.68. The number of hydrogen-bond donors (Lipinski definition) is 1. The molecule has 0 aliphatic carbocycles. The first-order valence-electron chi connectivity index (χ1n) is 10.6. The first-order valence-corrected chi connectivity index (χ1v) is 10.6. The van der Waals surface area contributed by atoms with Crippen LogP contribution in [0.4, 0.5) is 9.59 Å². The molecular formula is C23H36N2O5. The molecule has 2 atom stereocenters. The van der Waals surface area contributed by atoms with E-state index in [0.29, 0.717) is 26.2 Å². The van der Waals surface area contributed by atoms with E-state index in [9.17, 15) is 9.59 Å². The lowest BCUT2D eigenvalue weighted by Gasteiger charge is -2.38. The van der Waals surface area contributed by atoms with Crippen molar-refractivity contribution in [1.29, 1.82) is 0 Å². The summed E-state index contributed by atoms with van der Waals surface area (Å²) in [6.45, 7) is 11.8. The molecular weight excluding hydrogens is 384 g/mol. The Labute approximate surface area is 180 Å². The molecule has 1 N–H and O–H groups in total. The summed E-state index contributed by atoms with van der Waals surface area (Å²) in [5, 5.41) is 2.65. The monoisotopic (exact) mass is 420 g/mol. The molecule has 1 aromatic rings. The minimum Gasteiger partial charge on any atom is -0.453 e. The van der Waals surface area contributed by atoms with Crippen LogP contribution in [0.1, 0.15) is 56.4 Å². The van der Waals surface area contributed by atoms with Crippen LogP contribution in [0.5, 0.6) is 0 Å². The van der Waals surface area contributed by atoms with Crippen LogP contribution in [0.15, 0.2) is 18.2 Å². The third-order valence-electron chi connectivity index (χ3n) is 5.13. The van der Waals surface area contributed by atoms with E-state index in [2.05, 4.69) is 42.1 Å². The summed E-state index contributed by atoms with van der Waals surface area (Å²) < 4.78 is 16.5. The van der Waals surface area contributed by atoms with Crippen molar-refractivity contribution in [3.63, 3.8) is 0 Å². The number of likely N-dealkylation sites (tertiary alicyclic amines) is 1. The summed E-state index contributed by atoms with van der Waals surface area (Å²) in [5.41, 5.74) is 2.92. The number of alkyl carbamates (subject to hydrolysis) is 1. The van der Waals surface area contributed by atoms with Crippen LogP contribution in [0.25, 0.3) is 0 Å². The SMILES string of the molecule is COC(=O)NCCO[C@@H](c1cc(C)ccc1C)C1CCCN(C(=O)OC(C)(C)C)C1. The lowest BCUT2D eigenvalue weighted by Crippen LogP contribution is -2.44. The van der Waals surface area contributed by atoms with E-state index in [4.69, 9.17) is 9.47 Å². The van der Waals surface area contributed by atoms with Gasteiger partial charge in [0.1, 0.15) is 5.60 Å². The summed E-state index contributed by atoms with van der Waals surface area (Å²) in [7, 11) is 1.34.